The number of anilines is 2. The van der Waals surface area contributed by atoms with Crippen LogP contribution in [0.1, 0.15) is 11.1 Å². The van der Waals surface area contributed by atoms with Gasteiger partial charge < -0.3 is 10.6 Å². The molecule has 1 aromatic heterocycles. The first-order chi connectivity index (χ1) is 11.6. The Morgan fingerprint density at radius 2 is 2.00 bits per heavy atom. The molecule has 2 N–H and O–H groups in total. The van der Waals surface area contributed by atoms with E-state index in [1.54, 1.807) is 6.20 Å². The van der Waals surface area contributed by atoms with Crippen LogP contribution in [0.5, 0.6) is 0 Å². The maximum Gasteiger partial charge on any atom is 0.175 e. The first-order valence-corrected chi connectivity index (χ1v) is 8.30. The average molecular weight is 357 g/mol. The van der Waals surface area contributed by atoms with Crippen molar-refractivity contribution in [2.45, 2.75) is 13.5 Å². The van der Waals surface area contributed by atoms with Gasteiger partial charge >= 0.3 is 0 Å². The van der Waals surface area contributed by atoms with Crippen LogP contribution >= 0.6 is 23.8 Å². The van der Waals surface area contributed by atoms with Crippen LogP contribution in [0.2, 0.25) is 5.02 Å². The van der Waals surface area contributed by atoms with Gasteiger partial charge in [0.2, 0.25) is 0 Å². The predicted octanol–water partition coefficient (Wildman–Crippen LogP) is 4.70. The van der Waals surface area contributed by atoms with Crippen molar-refractivity contribution < 1.29 is 0 Å². The summed E-state index contributed by atoms with van der Waals surface area (Å²) < 4.78 is 1.88. The van der Waals surface area contributed by atoms with Gasteiger partial charge in [0.1, 0.15) is 0 Å². The van der Waals surface area contributed by atoms with Crippen molar-refractivity contribution in [1.29, 1.82) is 0 Å². The minimum atomic E-state index is 0.525. The van der Waals surface area contributed by atoms with Crippen LogP contribution in [-0.2, 0) is 6.54 Å². The summed E-state index contributed by atoms with van der Waals surface area (Å²) in [5.74, 6) is 0. The first-order valence-electron chi connectivity index (χ1n) is 7.51. The maximum absolute atomic E-state index is 6.13. The van der Waals surface area contributed by atoms with Crippen LogP contribution in [0.15, 0.2) is 60.9 Å². The zero-order valence-corrected chi connectivity index (χ0v) is 14.7. The summed E-state index contributed by atoms with van der Waals surface area (Å²) in [6.45, 7) is 2.67. The molecule has 0 bridgehead atoms. The third-order valence-electron chi connectivity index (χ3n) is 3.60. The Labute approximate surface area is 151 Å². The fraction of sp³-hybridized carbons (Fsp3) is 0.111. The van der Waals surface area contributed by atoms with Crippen molar-refractivity contribution in [2.24, 2.45) is 0 Å². The van der Waals surface area contributed by atoms with E-state index in [2.05, 4.69) is 27.9 Å². The van der Waals surface area contributed by atoms with E-state index in [-0.39, 0.29) is 0 Å². The van der Waals surface area contributed by atoms with E-state index in [0.29, 0.717) is 10.1 Å². The Kier molecular flexibility index (Phi) is 5.13. The standard InChI is InChI=1S/C18H17ClN4S/c1-13-16(19)7-3-8-17(13)22-18(24)21-15-6-2-5-14(11-15)12-23-10-4-9-20-23/h2-11H,12H2,1H3,(H2,21,22,24). The van der Waals surface area contributed by atoms with Gasteiger partial charge in [-0.05, 0) is 60.6 Å². The molecule has 0 saturated heterocycles. The lowest BCUT2D eigenvalue weighted by molar-refractivity contribution is 0.687. The van der Waals surface area contributed by atoms with Gasteiger partial charge in [-0.2, -0.15) is 5.10 Å². The second kappa shape index (κ2) is 7.47. The highest BCUT2D eigenvalue weighted by atomic mass is 35.5. The van der Waals surface area contributed by atoms with Gasteiger partial charge in [0.05, 0.1) is 6.54 Å². The molecular formula is C18H17ClN4S. The van der Waals surface area contributed by atoms with Crippen LogP contribution in [-0.4, -0.2) is 14.9 Å². The summed E-state index contributed by atoms with van der Waals surface area (Å²) >= 11 is 11.5. The summed E-state index contributed by atoms with van der Waals surface area (Å²) in [6, 6.07) is 15.7. The Morgan fingerprint density at radius 3 is 2.79 bits per heavy atom. The van der Waals surface area contributed by atoms with E-state index < -0.39 is 0 Å². The van der Waals surface area contributed by atoms with Crippen LogP contribution in [0.4, 0.5) is 11.4 Å². The zero-order chi connectivity index (χ0) is 16.9. The summed E-state index contributed by atoms with van der Waals surface area (Å²) in [7, 11) is 0. The summed E-state index contributed by atoms with van der Waals surface area (Å²) in [5, 5.41) is 11.8. The molecule has 0 spiro atoms. The fourth-order valence-corrected chi connectivity index (χ4v) is 2.76. The molecule has 0 aliphatic rings. The number of halogens is 1. The number of benzene rings is 2. The van der Waals surface area contributed by atoms with Gasteiger partial charge in [-0.1, -0.05) is 29.8 Å². The van der Waals surface area contributed by atoms with Crippen LogP contribution in [0, 0.1) is 6.92 Å². The van der Waals surface area contributed by atoms with E-state index in [1.165, 1.54) is 0 Å². The van der Waals surface area contributed by atoms with E-state index in [9.17, 15) is 0 Å². The van der Waals surface area contributed by atoms with Crippen LogP contribution < -0.4 is 10.6 Å². The number of rotatable bonds is 4. The van der Waals surface area contributed by atoms with E-state index in [1.807, 2.05) is 54.2 Å². The highest BCUT2D eigenvalue weighted by Crippen LogP contribution is 2.23. The maximum atomic E-state index is 6.13. The lowest BCUT2D eigenvalue weighted by Crippen LogP contribution is -2.19. The number of nitrogens with one attached hydrogen (secondary N) is 2. The molecule has 2 aromatic carbocycles. The number of nitrogens with zero attached hydrogens (tertiary/aromatic N) is 2. The molecule has 0 saturated carbocycles. The van der Waals surface area contributed by atoms with Gasteiger partial charge in [0.25, 0.3) is 0 Å². The predicted molar refractivity (Wildman–Crippen MR) is 104 cm³/mol. The molecule has 4 nitrogen and oxygen atoms in total. The Bertz CT molecular complexity index is 846. The Hall–Kier alpha value is -2.37. The number of aromatic nitrogens is 2. The fourth-order valence-electron chi connectivity index (χ4n) is 2.36. The molecule has 0 aliphatic heterocycles. The molecule has 0 fully saturated rings. The zero-order valence-electron chi connectivity index (χ0n) is 13.2. The molecule has 122 valence electrons. The SMILES string of the molecule is Cc1c(Cl)cccc1NC(=S)Nc1cccc(Cn2cccn2)c1. The Morgan fingerprint density at radius 1 is 1.17 bits per heavy atom. The topological polar surface area (TPSA) is 41.9 Å². The van der Waals surface area contributed by atoms with Gasteiger partial charge in [0, 0.05) is 28.8 Å². The van der Waals surface area contributed by atoms with E-state index >= 15 is 0 Å². The third-order valence-corrected chi connectivity index (χ3v) is 4.22. The molecule has 24 heavy (non-hydrogen) atoms. The van der Waals surface area contributed by atoms with E-state index in [0.717, 1.165) is 29.0 Å². The monoisotopic (exact) mass is 356 g/mol. The number of thiocarbonyl (C=S) groups is 1. The molecule has 0 atom stereocenters. The van der Waals surface area contributed by atoms with E-state index in [4.69, 9.17) is 23.8 Å². The number of hydrogen-bond donors (Lipinski definition) is 2. The van der Waals surface area contributed by atoms with Crippen LogP contribution in [0.3, 0.4) is 0 Å². The Balaban J connectivity index is 1.67. The number of hydrogen-bond acceptors (Lipinski definition) is 2. The highest BCUT2D eigenvalue weighted by Gasteiger charge is 2.05. The molecule has 1 heterocycles. The third kappa shape index (κ3) is 4.13. The molecule has 0 unspecified atom stereocenters. The largest absolute Gasteiger partial charge is 0.332 e. The average Bonchev–Trinajstić information content (AvgIpc) is 3.05. The van der Waals surface area contributed by atoms with Crippen molar-refractivity contribution in [3.8, 4) is 0 Å². The highest BCUT2D eigenvalue weighted by molar-refractivity contribution is 7.80. The lowest BCUT2D eigenvalue weighted by atomic mass is 10.2. The van der Waals surface area contributed by atoms with Crippen LogP contribution in [0.25, 0.3) is 0 Å². The summed E-state index contributed by atoms with van der Waals surface area (Å²) in [4.78, 5) is 0. The van der Waals surface area contributed by atoms with Gasteiger partial charge in [0.15, 0.2) is 5.11 Å². The van der Waals surface area contributed by atoms with Gasteiger partial charge in [-0.25, -0.2) is 0 Å². The molecule has 3 rings (SSSR count). The molecular weight excluding hydrogens is 340 g/mol. The normalized spacial score (nSPS) is 10.4. The van der Waals surface area contributed by atoms with Crippen molar-refractivity contribution in [3.05, 3.63) is 77.1 Å². The molecule has 0 amide bonds. The van der Waals surface area contributed by atoms with Crippen molar-refractivity contribution >= 4 is 40.3 Å². The second-order valence-electron chi connectivity index (χ2n) is 5.40. The minimum Gasteiger partial charge on any atom is -0.332 e. The minimum absolute atomic E-state index is 0.525. The van der Waals surface area contributed by atoms with Crippen molar-refractivity contribution in [2.75, 3.05) is 10.6 Å². The first kappa shape index (κ1) is 16.5. The summed E-state index contributed by atoms with van der Waals surface area (Å²) in [6.07, 6.45) is 3.71. The lowest BCUT2D eigenvalue weighted by Gasteiger charge is -2.14. The van der Waals surface area contributed by atoms with Crippen molar-refractivity contribution in [1.82, 2.24) is 9.78 Å². The van der Waals surface area contributed by atoms with Gasteiger partial charge in [-0.3, -0.25) is 4.68 Å². The second-order valence-corrected chi connectivity index (χ2v) is 6.21. The quantitative estimate of drug-likeness (QED) is 0.665. The molecule has 0 radical (unpaired) electrons. The summed E-state index contributed by atoms with van der Waals surface area (Å²) in [5.41, 5.74) is 3.94. The molecule has 3 aromatic rings. The van der Waals surface area contributed by atoms with Crippen molar-refractivity contribution in [3.63, 3.8) is 0 Å². The van der Waals surface area contributed by atoms with Gasteiger partial charge in [-0.15, -0.1) is 0 Å². The molecule has 0 aliphatic carbocycles. The smallest absolute Gasteiger partial charge is 0.175 e. The molecule has 6 heteroatoms.